The minimum absolute atomic E-state index is 0.150. The number of hydrogen-bond acceptors (Lipinski definition) is 3. The van der Waals surface area contributed by atoms with Gasteiger partial charge in [0.05, 0.1) is 0 Å². The molecule has 0 spiro atoms. The third-order valence-electron chi connectivity index (χ3n) is 5.83. The van der Waals surface area contributed by atoms with Crippen LogP contribution in [0.15, 0.2) is 30.3 Å². The lowest BCUT2D eigenvalue weighted by molar-refractivity contribution is -0.141. The number of nitrogens with zero attached hydrogens (tertiary/aromatic N) is 2. The number of hydrogen-bond donors (Lipinski definition) is 1. The third-order valence-corrected chi connectivity index (χ3v) is 5.83. The zero-order chi connectivity index (χ0) is 17.6. The van der Waals surface area contributed by atoms with E-state index in [2.05, 4.69) is 59.3 Å². The Bertz CT molecular complexity index is 543. The standard InChI is InChI=1S/C21H33N3O/c1-3-11-24(21(25)17(2)19-13-22-14-19)20-10-7-12-23(16-20)15-18-8-5-4-6-9-18/h4-6,8-9,17,19-20,22H,3,7,10-16H2,1-2H3. The first-order chi connectivity index (χ1) is 12.2. The molecule has 2 aliphatic heterocycles. The summed E-state index contributed by atoms with van der Waals surface area (Å²) in [7, 11) is 0. The quantitative estimate of drug-likeness (QED) is 0.827. The van der Waals surface area contributed by atoms with E-state index in [-0.39, 0.29) is 5.92 Å². The smallest absolute Gasteiger partial charge is 0.226 e. The largest absolute Gasteiger partial charge is 0.338 e. The molecule has 3 rings (SSSR count). The molecule has 1 N–H and O–H groups in total. The van der Waals surface area contributed by atoms with Gasteiger partial charge in [-0.3, -0.25) is 9.69 Å². The topological polar surface area (TPSA) is 35.6 Å². The van der Waals surface area contributed by atoms with Crippen molar-refractivity contribution in [3.8, 4) is 0 Å². The van der Waals surface area contributed by atoms with Gasteiger partial charge in [0.1, 0.15) is 0 Å². The molecule has 2 saturated heterocycles. The van der Waals surface area contributed by atoms with Gasteiger partial charge in [-0.15, -0.1) is 0 Å². The van der Waals surface area contributed by atoms with Crippen LogP contribution in [0.3, 0.4) is 0 Å². The SMILES string of the molecule is CCCN(C(=O)C(C)C1CNC1)C1CCCN(Cc2ccccc2)C1. The molecule has 0 bridgehead atoms. The monoisotopic (exact) mass is 343 g/mol. The van der Waals surface area contributed by atoms with Crippen LogP contribution in [0.1, 0.15) is 38.7 Å². The zero-order valence-corrected chi connectivity index (χ0v) is 15.8. The van der Waals surface area contributed by atoms with Crippen LogP contribution in [0, 0.1) is 11.8 Å². The van der Waals surface area contributed by atoms with E-state index >= 15 is 0 Å². The van der Waals surface area contributed by atoms with Gasteiger partial charge in [0.15, 0.2) is 0 Å². The van der Waals surface area contributed by atoms with Crippen molar-refractivity contribution in [1.29, 1.82) is 0 Å². The van der Waals surface area contributed by atoms with Crippen LogP contribution in [0.25, 0.3) is 0 Å². The van der Waals surface area contributed by atoms with Crippen molar-refractivity contribution in [2.75, 3.05) is 32.7 Å². The van der Waals surface area contributed by atoms with Crippen molar-refractivity contribution in [1.82, 2.24) is 15.1 Å². The van der Waals surface area contributed by atoms with Crippen LogP contribution in [0.4, 0.5) is 0 Å². The number of rotatable bonds is 7. The molecule has 0 aromatic heterocycles. The second-order valence-electron chi connectivity index (χ2n) is 7.76. The molecule has 25 heavy (non-hydrogen) atoms. The average Bonchev–Trinajstić information content (AvgIpc) is 2.58. The maximum atomic E-state index is 13.1. The van der Waals surface area contributed by atoms with Crippen LogP contribution < -0.4 is 5.32 Å². The van der Waals surface area contributed by atoms with Gasteiger partial charge < -0.3 is 10.2 Å². The Labute approximate surface area is 152 Å². The van der Waals surface area contributed by atoms with Crippen LogP contribution in [-0.4, -0.2) is 54.5 Å². The summed E-state index contributed by atoms with van der Waals surface area (Å²) >= 11 is 0. The highest BCUT2D eigenvalue weighted by Gasteiger charge is 2.35. The lowest BCUT2D eigenvalue weighted by Gasteiger charge is -2.42. The Kier molecular flexibility index (Phi) is 6.49. The molecule has 1 aromatic carbocycles. The number of carbonyl (C=O) groups is 1. The fourth-order valence-electron chi connectivity index (χ4n) is 4.11. The van der Waals surface area contributed by atoms with Crippen LogP contribution in [0.2, 0.25) is 0 Å². The molecule has 1 aromatic rings. The van der Waals surface area contributed by atoms with Gasteiger partial charge in [0.25, 0.3) is 0 Å². The molecule has 2 heterocycles. The highest BCUT2D eigenvalue weighted by Crippen LogP contribution is 2.24. The van der Waals surface area contributed by atoms with Crippen LogP contribution in [-0.2, 0) is 11.3 Å². The molecular formula is C21H33N3O. The summed E-state index contributed by atoms with van der Waals surface area (Å²) in [5, 5.41) is 3.30. The Morgan fingerprint density at radius 3 is 2.72 bits per heavy atom. The van der Waals surface area contributed by atoms with E-state index in [4.69, 9.17) is 0 Å². The van der Waals surface area contributed by atoms with Gasteiger partial charge in [-0.05, 0) is 50.4 Å². The molecule has 0 saturated carbocycles. The first-order valence-corrected chi connectivity index (χ1v) is 9.96. The van der Waals surface area contributed by atoms with Crippen molar-refractivity contribution < 1.29 is 4.79 Å². The Hall–Kier alpha value is -1.39. The number of likely N-dealkylation sites (tertiary alicyclic amines) is 1. The van der Waals surface area contributed by atoms with Gasteiger partial charge in [-0.2, -0.15) is 0 Å². The van der Waals surface area contributed by atoms with E-state index in [1.54, 1.807) is 0 Å². The number of benzene rings is 1. The maximum absolute atomic E-state index is 13.1. The van der Waals surface area contributed by atoms with E-state index in [9.17, 15) is 4.79 Å². The molecule has 2 aliphatic rings. The first kappa shape index (κ1) is 18.4. The number of piperidine rings is 1. The van der Waals surface area contributed by atoms with Gasteiger partial charge in [0, 0.05) is 31.6 Å². The number of nitrogens with one attached hydrogen (secondary N) is 1. The van der Waals surface area contributed by atoms with Crippen LogP contribution in [0.5, 0.6) is 0 Å². The molecule has 138 valence electrons. The molecule has 0 radical (unpaired) electrons. The highest BCUT2D eigenvalue weighted by atomic mass is 16.2. The molecule has 1 amide bonds. The van der Waals surface area contributed by atoms with Crippen LogP contribution >= 0.6 is 0 Å². The predicted molar refractivity (Wildman–Crippen MR) is 102 cm³/mol. The van der Waals surface area contributed by atoms with Gasteiger partial charge in [-0.1, -0.05) is 44.2 Å². The molecule has 2 atom stereocenters. The van der Waals surface area contributed by atoms with Crippen molar-refractivity contribution in [2.45, 2.75) is 45.7 Å². The lowest BCUT2D eigenvalue weighted by Crippen LogP contribution is -2.55. The van der Waals surface area contributed by atoms with Crippen molar-refractivity contribution >= 4 is 5.91 Å². The Morgan fingerprint density at radius 1 is 1.32 bits per heavy atom. The lowest BCUT2D eigenvalue weighted by atomic mass is 9.87. The summed E-state index contributed by atoms with van der Waals surface area (Å²) in [6.45, 7) is 10.3. The summed E-state index contributed by atoms with van der Waals surface area (Å²) in [6, 6.07) is 11.1. The molecule has 4 nitrogen and oxygen atoms in total. The van der Waals surface area contributed by atoms with E-state index in [0.717, 1.165) is 52.1 Å². The summed E-state index contributed by atoms with van der Waals surface area (Å²) in [5.41, 5.74) is 1.37. The van der Waals surface area contributed by atoms with Crippen molar-refractivity contribution in [3.05, 3.63) is 35.9 Å². The second kappa shape index (κ2) is 8.81. The molecular weight excluding hydrogens is 310 g/mol. The third kappa shape index (κ3) is 4.62. The Morgan fingerprint density at radius 2 is 2.08 bits per heavy atom. The highest BCUT2D eigenvalue weighted by molar-refractivity contribution is 5.79. The molecule has 2 unspecified atom stereocenters. The average molecular weight is 344 g/mol. The normalized spacial score (nSPS) is 23.0. The van der Waals surface area contributed by atoms with E-state index in [1.807, 2.05) is 0 Å². The minimum atomic E-state index is 0.150. The maximum Gasteiger partial charge on any atom is 0.226 e. The molecule has 2 fully saturated rings. The zero-order valence-electron chi connectivity index (χ0n) is 15.8. The number of carbonyl (C=O) groups excluding carboxylic acids is 1. The Balaban J connectivity index is 1.62. The fourth-order valence-corrected chi connectivity index (χ4v) is 4.11. The fraction of sp³-hybridized carbons (Fsp3) is 0.667. The number of amides is 1. The summed E-state index contributed by atoms with van der Waals surface area (Å²) < 4.78 is 0. The van der Waals surface area contributed by atoms with Crippen molar-refractivity contribution in [3.63, 3.8) is 0 Å². The van der Waals surface area contributed by atoms with Gasteiger partial charge >= 0.3 is 0 Å². The van der Waals surface area contributed by atoms with Gasteiger partial charge in [0.2, 0.25) is 5.91 Å². The predicted octanol–water partition coefficient (Wildman–Crippen LogP) is 2.75. The van der Waals surface area contributed by atoms with E-state index in [0.29, 0.717) is 17.9 Å². The first-order valence-electron chi connectivity index (χ1n) is 9.96. The van der Waals surface area contributed by atoms with E-state index in [1.165, 1.54) is 12.0 Å². The van der Waals surface area contributed by atoms with E-state index < -0.39 is 0 Å². The van der Waals surface area contributed by atoms with Gasteiger partial charge in [-0.25, -0.2) is 0 Å². The minimum Gasteiger partial charge on any atom is -0.338 e. The molecule has 0 aliphatic carbocycles. The summed E-state index contributed by atoms with van der Waals surface area (Å²) in [6.07, 6.45) is 3.37. The van der Waals surface area contributed by atoms with Crippen molar-refractivity contribution in [2.24, 2.45) is 11.8 Å². The second-order valence-corrected chi connectivity index (χ2v) is 7.76. The molecule has 4 heteroatoms. The summed E-state index contributed by atoms with van der Waals surface area (Å²) in [5.74, 6) is 1.05. The summed E-state index contributed by atoms with van der Waals surface area (Å²) in [4.78, 5) is 17.8.